The summed E-state index contributed by atoms with van der Waals surface area (Å²) in [5.74, 6) is -2.37. The van der Waals surface area contributed by atoms with E-state index >= 15 is 0 Å². The van der Waals surface area contributed by atoms with Crippen LogP contribution in [0.3, 0.4) is 0 Å². The molecule has 0 saturated heterocycles. The predicted octanol–water partition coefficient (Wildman–Crippen LogP) is 4.92. The molecule has 0 amide bonds. The number of rotatable bonds is 5. The normalized spacial score (nSPS) is 10.7. The molecule has 2 aromatic rings. The Morgan fingerprint density at radius 1 is 1.11 bits per heavy atom. The van der Waals surface area contributed by atoms with Crippen LogP contribution < -0.4 is 5.32 Å². The van der Waals surface area contributed by atoms with Crippen LogP contribution in [0.2, 0.25) is 0 Å². The molecule has 0 radical (unpaired) electrons. The zero-order valence-electron chi connectivity index (χ0n) is 10.6. The summed E-state index contributed by atoms with van der Waals surface area (Å²) in [6, 6.07) is 15.3. The fourth-order valence-corrected chi connectivity index (χ4v) is 2.28. The lowest BCUT2D eigenvalue weighted by Gasteiger charge is -2.08. The van der Waals surface area contributed by atoms with Crippen molar-refractivity contribution >= 4 is 17.4 Å². The number of aryl methyl sites for hydroxylation is 1. The van der Waals surface area contributed by atoms with Gasteiger partial charge in [-0.05, 0) is 36.8 Å². The third kappa shape index (κ3) is 4.56. The Hall–Kier alpha value is -1.55. The van der Waals surface area contributed by atoms with Crippen LogP contribution in [0.25, 0.3) is 0 Å². The van der Waals surface area contributed by atoms with Crippen LogP contribution in [0.4, 0.5) is 14.5 Å². The van der Waals surface area contributed by atoms with Crippen molar-refractivity contribution in [3.8, 4) is 0 Å². The number of thioether (sulfide) groups is 1. The molecule has 0 aliphatic carbocycles. The van der Waals surface area contributed by atoms with Gasteiger partial charge >= 0.3 is 0 Å². The number of hydrogen-bond acceptors (Lipinski definition) is 2. The van der Waals surface area contributed by atoms with Crippen molar-refractivity contribution in [1.82, 2.24) is 0 Å². The summed E-state index contributed by atoms with van der Waals surface area (Å²) in [6.45, 7) is 2.78. The van der Waals surface area contributed by atoms with E-state index < -0.39 is 5.76 Å². The zero-order chi connectivity index (χ0) is 13.7. The molecular weight excluding hydrogens is 264 g/mol. The van der Waals surface area contributed by atoms with Gasteiger partial charge in [-0.25, -0.2) is 0 Å². The molecule has 0 saturated carbocycles. The maximum absolute atomic E-state index is 12.2. The van der Waals surface area contributed by atoms with Crippen LogP contribution in [0.1, 0.15) is 11.1 Å². The molecule has 0 spiro atoms. The molecule has 0 fully saturated rings. The summed E-state index contributed by atoms with van der Waals surface area (Å²) in [5.41, 5.74) is 3.36. The van der Waals surface area contributed by atoms with E-state index in [1.165, 1.54) is 11.1 Å². The lowest BCUT2D eigenvalue weighted by molar-refractivity contribution is 0.252. The first-order valence-corrected chi connectivity index (χ1v) is 6.86. The average molecular weight is 279 g/mol. The predicted molar refractivity (Wildman–Crippen MR) is 76.8 cm³/mol. The number of halogens is 2. The summed E-state index contributed by atoms with van der Waals surface area (Å²) in [5, 5.41) is 3.27. The molecule has 4 heteroatoms. The van der Waals surface area contributed by atoms with Gasteiger partial charge in [0, 0.05) is 17.1 Å². The second-order valence-electron chi connectivity index (χ2n) is 4.25. The first kappa shape index (κ1) is 13.9. The van der Waals surface area contributed by atoms with Crippen LogP contribution in [-0.4, -0.2) is 5.76 Å². The maximum atomic E-state index is 12.2. The van der Waals surface area contributed by atoms with E-state index in [-0.39, 0.29) is 0 Å². The topological polar surface area (TPSA) is 12.0 Å². The Bertz CT molecular complexity index is 526. The molecule has 0 unspecified atom stereocenters. The summed E-state index contributed by atoms with van der Waals surface area (Å²) < 4.78 is 24.4. The smallest absolute Gasteiger partial charge is 0.288 e. The van der Waals surface area contributed by atoms with Gasteiger partial charge in [-0.1, -0.05) is 41.6 Å². The van der Waals surface area contributed by atoms with E-state index in [0.29, 0.717) is 16.7 Å². The minimum Gasteiger partial charge on any atom is -0.381 e. The van der Waals surface area contributed by atoms with Gasteiger partial charge in [0.25, 0.3) is 5.76 Å². The van der Waals surface area contributed by atoms with E-state index in [1.807, 2.05) is 18.2 Å². The molecule has 2 aromatic carbocycles. The third-order valence-corrected chi connectivity index (χ3v) is 3.38. The Kier molecular flexibility index (Phi) is 4.80. The van der Waals surface area contributed by atoms with E-state index in [0.717, 1.165) is 12.2 Å². The standard InChI is InChI=1S/C15H15F2NS/c1-11-3-2-4-12(9-11)10-18-13-5-7-14(8-6-13)19-15(16)17/h2-9,15,18H,10H2,1H3. The van der Waals surface area contributed by atoms with Crippen LogP contribution in [0, 0.1) is 6.92 Å². The highest BCUT2D eigenvalue weighted by Gasteiger charge is 2.04. The van der Waals surface area contributed by atoms with Crippen LogP contribution >= 0.6 is 11.8 Å². The summed E-state index contributed by atoms with van der Waals surface area (Å²) in [4.78, 5) is 0.580. The third-order valence-electron chi connectivity index (χ3n) is 2.66. The zero-order valence-corrected chi connectivity index (χ0v) is 11.4. The number of hydrogen-bond donors (Lipinski definition) is 1. The van der Waals surface area contributed by atoms with Crippen LogP contribution in [0.5, 0.6) is 0 Å². The van der Waals surface area contributed by atoms with Gasteiger partial charge < -0.3 is 5.32 Å². The van der Waals surface area contributed by atoms with Crippen LogP contribution in [-0.2, 0) is 6.54 Å². The Morgan fingerprint density at radius 2 is 1.84 bits per heavy atom. The molecular formula is C15H15F2NS. The first-order chi connectivity index (χ1) is 9.13. The molecule has 0 aromatic heterocycles. The van der Waals surface area contributed by atoms with Crippen molar-refractivity contribution in [2.24, 2.45) is 0 Å². The number of anilines is 1. The molecule has 0 aliphatic heterocycles. The molecule has 100 valence electrons. The van der Waals surface area contributed by atoms with Gasteiger partial charge in [0.2, 0.25) is 0 Å². The largest absolute Gasteiger partial charge is 0.381 e. The van der Waals surface area contributed by atoms with Crippen molar-refractivity contribution in [2.45, 2.75) is 24.1 Å². The van der Waals surface area contributed by atoms with Gasteiger partial charge in [0.15, 0.2) is 0 Å². The average Bonchev–Trinajstić information content (AvgIpc) is 2.37. The molecule has 0 aliphatic rings. The highest BCUT2D eigenvalue weighted by molar-refractivity contribution is 7.99. The van der Waals surface area contributed by atoms with E-state index in [4.69, 9.17) is 0 Å². The van der Waals surface area contributed by atoms with E-state index in [9.17, 15) is 8.78 Å². The van der Waals surface area contributed by atoms with Crippen LogP contribution in [0.15, 0.2) is 53.4 Å². The summed E-state index contributed by atoms with van der Waals surface area (Å²) in [6.07, 6.45) is 0. The highest BCUT2D eigenvalue weighted by Crippen LogP contribution is 2.26. The molecule has 0 atom stereocenters. The van der Waals surface area contributed by atoms with Gasteiger partial charge in [-0.3, -0.25) is 0 Å². The van der Waals surface area contributed by atoms with Gasteiger partial charge in [0.1, 0.15) is 0 Å². The lowest BCUT2D eigenvalue weighted by atomic mass is 10.1. The first-order valence-electron chi connectivity index (χ1n) is 5.98. The molecule has 1 N–H and O–H groups in total. The monoisotopic (exact) mass is 279 g/mol. The maximum Gasteiger partial charge on any atom is 0.288 e. The number of alkyl halides is 2. The SMILES string of the molecule is Cc1cccc(CNc2ccc(SC(F)F)cc2)c1. The molecule has 2 rings (SSSR count). The number of nitrogens with one attached hydrogen (secondary N) is 1. The minimum atomic E-state index is -2.37. The Balaban J connectivity index is 1.93. The van der Waals surface area contributed by atoms with Crippen molar-refractivity contribution in [1.29, 1.82) is 0 Å². The second kappa shape index (κ2) is 6.57. The van der Waals surface area contributed by atoms with Crippen molar-refractivity contribution in [3.05, 3.63) is 59.7 Å². The lowest BCUT2D eigenvalue weighted by Crippen LogP contribution is -1.99. The Labute approximate surface area is 116 Å². The number of benzene rings is 2. The van der Waals surface area contributed by atoms with Crippen molar-refractivity contribution < 1.29 is 8.78 Å². The van der Waals surface area contributed by atoms with E-state index in [2.05, 4.69) is 30.4 Å². The summed E-state index contributed by atoms with van der Waals surface area (Å²) in [7, 11) is 0. The molecule has 0 heterocycles. The quantitative estimate of drug-likeness (QED) is 0.779. The molecule has 1 nitrogen and oxygen atoms in total. The summed E-state index contributed by atoms with van der Waals surface area (Å²) >= 11 is 0.562. The fraction of sp³-hybridized carbons (Fsp3) is 0.200. The van der Waals surface area contributed by atoms with Crippen molar-refractivity contribution in [2.75, 3.05) is 5.32 Å². The fourth-order valence-electron chi connectivity index (χ4n) is 1.78. The van der Waals surface area contributed by atoms with Crippen molar-refractivity contribution in [3.63, 3.8) is 0 Å². The molecule has 19 heavy (non-hydrogen) atoms. The second-order valence-corrected chi connectivity index (χ2v) is 5.31. The Morgan fingerprint density at radius 3 is 2.47 bits per heavy atom. The van der Waals surface area contributed by atoms with Gasteiger partial charge in [0.05, 0.1) is 0 Å². The molecule has 0 bridgehead atoms. The highest BCUT2D eigenvalue weighted by atomic mass is 32.2. The minimum absolute atomic E-state index is 0.562. The van der Waals surface area contributed by atoms with Gasteiger partial charge in [-0.15, -0.1) is 0 Å². The van der Waals surface area contributed by atoms with E-state index in [1.54, 1.807) is 12.1 Å². The van der Waals surface area contributed by atoms with Gasteiger partial charge in [-0.2, -0.15) is 8.78 Å².